The van der Waals surface area contributed by atoms with Crippen molar-refractivity contribution in [2.45, 2.75) is 31.7 Å². The average molecular weight is 392 g/mol. The first-order valence-electron chi connectivity index (χ1n) is 8.72. The number of carboxylic acids is 1. The largest absolute Gasteiger partial charge is 0.478 e. The van der Waals surface area contributed by atoms with Crippen LogP contribution in [0.4, 0.5) is 13.2 Å². The van der Waals surface area contributed by atoms with Gasteiger partial charge >= 0.3 is 12.1 Å². The van der Waals surface area contributed by atoms with Crippen LogP contribution in [0.1, 0.15) is 33.5 Å². The molecule has 1 aliphatic rings. The van der Waals surface area contributed by atoms with E-state index in [1.807, 2.05) is 0 Å². The number of hydrogen-bond acceptors (Lipinski definition) is 3. The Morgan fingerprint density at radius 1 is 1.18 bits per heavy atom. The predicted octanol–water partition coefficient (Wildman–Crippen LogP) is 3.29. The van der Waals surface area contributed by atoms with E-state index in [1.165, 1.54) is 29.2 Å². The zero-order chi connectivity index (χ0) is 20.3. The number of halogens is 3. The second-order valence-electron chi connectivity index (χ2n) is 6.72. The number of hydrogen-bond donors (Lipinski definition) is 2. The summed E-state index contributed by atoms with van der Waals surface area (Å²) in [5.74, 6) is -1.24. The molecule has 1 aliphatic heterocycles. The summed E-state index contributed by atoms with van der Waals surface area (Å²) in [5.41, 5.74) is 0.267. The van der Waals surface area contributed by atoms with Crippen molar-refractivity contribution in [1.29, 1.82) is 0 Å². The molecule has 2 aromatic rings. The zero-order valence-electron chi connectivity index (χ0n) is 14.9. The van der Waals surface area contributed by atoms with Gasteiger partial charge in [0.05, 0.1) is 11.1 Å². The van der Waals surface area contributed by atoms with Crippen LogP contribution >= 0.6 is 0 Å². The normalized spacial score (nSPS) is 17.2. The summed E-state index contributed by atoms with van der Waals surface area (Å²) in [4.78, 5) is 24.7. The van der Waals surface area contributed by atoms with Crippen LogP contribution < -0.4 is 5.32 Å². The molecule has 0 bridgehead atoms. The van der Waals surface area contributed by atoms with Crippen LogP contribution in [0.5, 0.6) is 0 Å². The van der Waals surface area contributed by atoms with Gasteiger partial charge in [-0.3, -0.25) is 4.79 Å². The number of carboxylic acid groups (broad SMARTS) is 1. The van der Waals surface area contributed by atoms with Gasteiger partial charge in [0.1, 0.15) is 0 Å². The molecule has 1 saturated heterocycles. The molecule has 1 amide bonds. The molecule has 0 aliphatic carbocycles. The van der Waals surface area contributed by atoms with E-state index in [2.05, 4.69) is 5.32 Å². The van der Waals surface area contributed by atoms with Crippen LogP contribution in [0.2, 0.25) is 0 Å². The quantitative estimate of drug-likeness (QED) is 0.792. The van der Waals surface area contributed by atoms with Gasteiger partial charge in [-0.1, -0.05) is 30.3 Å². The summed E-state index contributed by atoms with van der Waals surface area (Å²) < 4.78 is 39.4. The van der Waals surface area contributed by atoms with E-state index in [9.17, 15) is 22.8 Å². The number of carbonyl (C=O) groups is 2. The minimum Gasteiger partial charge on any atom is -0.478 e. The topological polar surface area (TPSA) is 69.6 Å². The minimum atomic E-state index is -4.47. The molecule has 0 saturated carbocycles. The van der Waals surface area contributed by atoms with E-state index >= 15 is 0 Å². The number of likely N-dealkylation sites (tertiary alicyclic amines) is 1. The first-order valence-corrected chi connectivity index (χ1v) is 8.72. The standard InChI is InChI=1S/C20H19F3N2O3/c21-20(22,23)17-7-2-1-5-15(17)11-25-12-16(9-18(25)26)24-10-13-4-3-6-14(8-13)19(27)28/h1-8,16,24H,9-12H2,(H,27,28). The molecule has 5 nitrogen and oxygen atoms in total. The lowest BCUT2D eigenvalue weighted by Gasteiger charge is -2.20. The molecule has 1 atom stereocenters. The molecule has 2 N–H and O–H groups in total. The number of amides is 1. The third kappa shape index (κ3) is 4.69. The number of carbonyl (C=O) groups excluding carboxylic acids is 1. The van der Waals surface area contributed by atoms with Crippen molar-refractivity contribution >= 4 is 11.9 Å². The van der Waals surface area contributed by atoms with E-state index in [1.54, 1.807) is 18.2 Å². The van der Waals surface area contributed by atoms with Gasteiger partial charge < -0.3 is 15.3 Å². The Balaban J connectivity index is 1.62. The van der Waals surface area contributed by atoms with E-state index in [4.69, 9.17) is 5.11 Å². The highest BCUT2D eigenvalue weighted by Crippen LogP contribution is 2.32. The second kappa shape index (κ2) is 8.02. The highest BCUT2D eigenvalue weighted by atomic mass is 19.4. The Labute approximate surface area is 159 Å². The summed E-state index contributed by atoms with van der Waals surface area (Å²) in [6.07, 6.45) is -4.28. The van der Waals surface area contributed by atoms with Gasteiger partial charge in [0.15, 0.2) is 0 Å². The second-order valence-corrected chi connectivity index (χ2v) is 6.72. The van der Waals surface area contributed by atoms with Crippen LogP contribution in [-0.4, -0.2) is 34.5 Å². The molecule has 8 heteroatoms. The van der Waals surface area contributed by atoms with E-state index in [-0.39, 0.29) is 36.0 Å². The zero-order valence-corrected chi connectivity index (χ0v) is 14.9. The fourth-order valence-electron chi connectivity index (χ4n) is 3.28. The van der Waals surface area contributed by atoms with Crippen LogP contribution in [0.3, 0.4) is 0 Å². The summed E-state index contributed by atoms with van der Waals surface area (Å²) in [7, 11) is 0. The Morgan fingerprint density at radius 2 is 1.93 bits per heavy atom. The van der Waals surface area contributed by atoms with Crippen molar-refractivity contribution in [3.05, 3.63) is 70.8 Å². The molecule has 3 rings (SSSR count). The maximum Gasteiger partial charge on any atom is 0.416 e. The summed E-state index contributed by atoms with van der Waals surface area (Å²) >= 11 is 0. The molecule has 0 aromatic heterocycles. The maximum absolute atomic E-state index is 13.1. The summed E-state index contributed by atoms with van der Waals surface area (Å²) in [5, 5.41) is 12.2. The minimum absolute atomic E-state index is 0.0677. The van der Waals surface area contributed by atoms with E-state index in [0.717, 1.165) is 11.6 Å². The maximum atomic E-state index is 13.1. The predicted molar refractivity (Wildman–Crippen MR) is 95.5 cm³/mol. The van der Waals surface area contributed by atoms with Gasteiger partial charge in [-0.2, -0.15) is 13.2 Å². The number of benzene rings is 2. The Hall–Kier alpha value is -2.87. The van der Waals surface area contributed by atoms with Crippen LogP contribution in [0, 0.1) is 0 Å². The van der Waals surface area contributed by atoms with Gasteiger partial charge in [-0.25, -0.2) is 4.79 Å². The van der Waals surface area contributed by atoms with Crippen molar-refractivity contribution in [3.8, 4) is 0 Å². The lowest BCUT2D eigenvalue weighted by molar-refractivity contribution is -0.139. The third-order valence-electron chi connectivity index (χ3n) is 4.67. The van der Waals surface area contributed by atoms with Crippen molar-refractivity contribution < 1.29 is 27.9 Å². The number of nitrogens with zero attached hydrogens (tertiary/aromatic N) is 1. The lowest BCUT2D eigenvalue weighted by Crippen LogP contribution is -2.32. The molecule has 1 unspecified atom stereocenters. The third-order valence-corrected chi connectivity index (χ3v) is 4.67. The van der Waals surface area contributed by atoms with Crippen molar-refractivity contribution in [1.82, 2.24) is 10.2 Å². The fraction of sp³-hybridized carbons (Fsp3) is 0.300. The first-order chi connectivity index (χ1) is 13.2. The number of alkyl halides is 3. The lowest BCUT2D eigenvalue weighted by atomic mass is 10.1. The fourth-order valence-corrected chi connectivity index (χ4v) is 3.28. The van der Waals surface area contributed by atoms with E-state index in [0.29, 0.717) is 13.1 Å². The van der Waals surface area contributed by atoms with Gasteiger partial charge in [0.25, 0.3) is 0 Å². The molecular weight excluding hydrogens is 373 g/mol. The number of nitrogens with one attached hydrogen (secondary N) is 1. The Kier molecular flexibility index (Phi) is 5.69. The Bertz CT molecular complexity index is 883. The Morgan fingerprint density at radius 3 is 2.64 bits per heavy atom. The smallest absolute Gasteiger partial charge is 0.416 e. The monoisotopic (exact) mass is 392 g/mol. The molecule has 148 valence electrons. The van der Waals surface area contributed by atoms with Crippen molar-refractivity contribution in [2.75, 3.05) is 6.54 Å². The molecule has 0 radical (unpaired) electrons. The molecular formula is C20H19F3N2O3. The molecule has 1 heterocycles. The SMILES string of the molecule is O=C(O)c1cccc(CNC2CC(=O)N(Cc3ccccc3C(F)(F)F)C2)c1. The van der Waals surface area contributed by atoms with Crippen molar-refractivity contribution in [2.24, 2.45) is 0 Å². The molecule has 0 spiro atoms. The van der Waals surface area contributed by atoms with E-state index < -0.39 is 17.7 Å². The first kappa shape index (κ1) is 19.9. The van der Waals surface area contributed by atoms with Gasteiger partial charge in [-0.15, -0.1) is 0 Å². The summed E-state index contributed by atoms with van der Waals surface area (Å²) in [6.45, 7) is 0.566. The molecule has 1 fully saturated rings. The number of aromatic carboxylic acids is 1. The van der Waals surface area contributed by atoms with Gasteiger partial charge in [-0.05, 0) is 29.3 Å². The van der Waals surface area contributed by atoms with Crippen LogP contribution in [0.15, 0.2) is 48.5 Å². The van der Waals surface area contributed by atoms with Crippen molar-refractivity contribution in [3.63, 3.8) is 0 Å². The average Bonchev–Trinajstić information content (AvgIpc) is 2.99. The van der Waals surface area contributed by atoms with Gasteiger partial charge in [0, 0.05) is 32.1 Å². The number of rotatable bonds is 6. The highest BCUT2D eigenvalue weighted by molar-refractivity contribution is 5.87. The molecule has 28 heavy (non-hydrogen) atoms. The summed E-state index contributed by atoms with van der Waals surface area (Å²) in [6, 6.07) is 11.5. The van der Waals surface area contributed by atoms with Crippen LogP contribution in [0.25, 0.3) is 0 Å². The highest BCUT2D eigenvalue weighted by Gasteiger charge is 2.35. The van der Waals surface area contributed by atoms with Crippen LogP contribution in [-0.2, 0) is 24.1 Å². The van der Waals surface area contributed by atoms with Gasteiger partial charge in [0.2, 0.25) is 5.91 Å². The molecule has 2 aromatic carbocycles.